The van der Waals surface area contributed by atoms with E-state index in [1.807, 2.05) is 17.0 Å². The van der Waals surface area contributed by atoms with Gasteiger partial charge >= 0.3 is 0 Å². The first-order valence-electron chi connectivity index (χ1n) is 11.4. The maximum absolute atomic E-state index is 13.3. The van der Waals surface area contributed by atoms with E-state index in [9.17, 15) is 4.79 Å². The van der Waals surface area contributed by atoms with Crippen LogP contribution in [0.2, 0.25) is 0 Å². The number of benzene rings is 1. The summed E-state index contributed by atoms with van der Waals surface area (Å²) in [4.78, 5) is 20.2. The molecular formula is C24H31N3O3. The predicted octanol–water partition coefficient (Wildman–Crippen LogP) is 4.16. The summed E-state index contributed by atoms with van der Waals surface area (Å²) in [5, 5.41) is 4.43. The molecule has 6 heteroatoms. The Hall–Kier alpha value is -2.37. The molecule has 1 heterocycles. The van der Waals surface area contributed by atoms with Crippen molar-refractivity contribution >= 4 is 5.91 Å². The molecule has 1 aromatic carbocycles. The van der Waals surface area contributed by atoms with Gasteiger partial charge in [0.2, 0.25) is 11.8 Å². The number of hydrogen-bond donors (Lipinski definition) is 0. The molecule has 2 bridgehead atoms. The van der Waals surface area contributed by atoms with Crippen molar-refractivity contribution in [3.63, 3.8) is 0 Å². The van der Waals surface area contributed by atoms with E-state index in [4.69, 9.17) is 14.2 Å². The topological polar surface area (TPSA) is 68.5 Å². The minimum Gasteiger partial charge on any atom is -0.497 e. The molecule has 3 aliphatic rings. The molecule has 1 amide bonds. The molecule has 3 aliphatic carbocycles. The first kappa shape index (κ1) is 19.6. The fourth-order valence-corrected chi connectivity index (χ4v) is 5.99. The van der Waals surface area contributed by atoms with Crippen LogP contribution in [-0.4, -0.2) is 41.1 Å². The van der Waals surface area contributed by atoms with Crippen LogP contribution in [0.5, 0.6) is 5.75 Å². The van der Waals surface area contributed by atoms with Gasteiger partial charge < -0.3 is 14.2 Å². The lowest BCUT2D eigenvalue weighted by Crippen LogP contribution is -2.40. The molecule has 30 heavy (non-hydrogen) atoms. The summed E-state index contributed by atoms with van der Waals surface area (Å²) in [6.45, 7) is 5.62. The van der Waals surface area contributed by atoms with Gasteiger partial charge in [0.1, 0.15) is 5.75 Å². The zero-order chi connectivity index (χ0) is 20.9. The third-order valence-electron chi connectivity index (χ3n) is 7.82. The van der Waals surface area contributed by atoms with E-state index in [2.05, 4.69) is 31.1 Å². The zero-order valence-electron chi connectivity index (χ0n) is 18.1. The van der Waals surface area contributed by atoms with Crippen LogP contribution in [0.25, 0.3) is 0 Å². The Labute approximate surface area is 178 Å². The number of rotatable bonds is 7. The molecule has 0 N–H and O–H groups in total. The first-order valence-corrected chi connectivity index (χ1v) is 11.4. The molecule has 0 saturated heterocycles. The second-order valence-electron chi connectivity index (χ2n) is 9.16. The van der Waals surface area contributed by atoms with Gasteiger partial charge in [0, 0.05) is 13.1 Å². The summed E-state index contributed by atoms with van der Waals surface area (Å²) in [5.41, 5.74) is 1.06. The Bertz CT molecular complexity index is 914. The number of hydrogen-bond acceptors (Lipinski definition) is 5. The Kier molecular flexibility index (Phi) is 4.83. The van der Waals surface area contributed by atoms with Crippen LogP contribution in [0.3, 0.4) is 0 Å². The molecule has 2 aromatic rings. The van der Waals surface area contributed by atoms with Crippen molar-refractivity contribution < 1.29 is 14.1 Å². The van der Waals surface area contributed by atoms with Crippen molar-refractivity contribution in [1.82, 2.24) is 15.0 Å². The minimum absolute atomic E-state index is 0.00640. The largest absolute Gasteiger partial charge is 0.497 e. The van der Waals surface area contributed by atoms with Crippen molar-refractivity contribution in [2.75, 3.05) is 20.2 Å². The van der Waals surface area contributed by atoms with Gasteiger partial charge in [0.15, 0.2) is 5.82 Å². The summed E-state index contributed by atoms with van der Waals surface area (Å²) in [7, 11) is 1.68. The van der Waals surface area contributed by atoms with E-state index in [0.717, 1.165) is 50.3 Å². The number of aromatic nitrogens is 2. The molecule has 0 spiro atoms. The molecular weight excluding hydrogens is 378 g/mol. The summed E-state index contributed by atoms with van der Waals surface area (Å²) in [5.74, 6) is 3.60. The molecule has 160 valence electrons. The van der Waals surface area contributed by atoms with Crippen LogP contribution in [0, 0.1) is 17.8 Å². The Morgan fingerprint density at radius 3 is 2.50 bits per heavy atom. The lowest BCUT2D eigenvalue weighted by atomic mass is 9.78. The molecule has 0 aliphatic heterocycles. The summed E-state index contributed by atoms with van der Waals surface area (Å²) >= 11 is 0. The zero-order valence-corrected chi connectivity index (χ0v) is 18.1. The smallest absolute Gasteiger partial charge is 0.230 e. The van der Waals surface area contributed by atoms with E-state index in [0.29, 0.717) is 17.7 Å². The maximum Gasteiger partial charge on any atom is 0.230 e. The molecule has 4 atom stereocenters. The number of nitrogens with zero attached hydrogens (tertiary/aromatic N) is 3. The number of methoxy groups -OCH3 is 1. The van der Waals surface area contributed by atoms with E-state index in [-0.39, 0.29) is 23.2 Å². The van der Waals surface area contributed by atoms with Gasteiger partial charge in [-0.15, -0.1) is 0 Å². The van der Waals surface area contributed by atoms with E-state index < -0.39 is 0 Å². The summed E-state index contributed by atoms with van der Waals surface area (Å²) < 4.78 is 11.2. The predicted molar refractivity (Wildman–Crippen MR) is 112 cm³/mol. The van der Waals surface area contributed by atoms with Gasteiger partial charge in [0.25, 0.3) is 0 Å². The highest BCUT2D eigenvalue weighted by Gasteiger charge is 2.55. The normalized spacial score (nSPS) is 28.5. The average molecular weight is 410 g/mol. The van der Waals surface area contributed by atoms with Crippen LogP contribution < -0.4 is 4.74 Å². The molecule has 5 rings (SSSR count). The number of amides is 1. The highest BCUT2D eigenvalue weighted by atomic mass is 16.5. The second-order valence-corrected chi connectivity index (χ2v) is 9.16. The number of ether oxygens (including phenoxy) is 1. The lowest BCUT2D eigenvalue weighted by molar-refractivity contribution is -0.137. The van der Waals surface area contributed by atoms with Crippen molar-refractivity contribution in [1.29, 1.82) is 0 Å². The fourth-order valence-electron chi connectivity index (χ4n) is 5.99. The Morgan fingerprint density at radius 2 is 1.87 bits per heavy atom. The van der Waals surface area contributed by atoms with Crippen molar-refractivity contribution in [3.8, 4) is 5.75 Å². The van der Waals surface area contributed by atoms with E-state index in [1.165, 1.54) is 12.0 Å². The van der Waals surface area contributed by atoms with Gasteiger partial charge in [-0.3, -0.25) is 4.79 Å². The maximum atomic E-state index is 13.3. The van der Waals surface area contributed by atoms with Crippen LogP contribution in [0.4, 0.5) is 0 Å². The second kappa shape index (κ2) is 7.40. The highest BCUT2D eigenvalue weighted by molar-refractivity contribution is 5.80. The van der Waals surface area contributed by atoms with Gasteiger partial charge in [-0.05, 0) is 75.5 Å². The first-order chi connectivity index (χ1) is 14.6. The lowest BCUT2D eigenvalue weighted by Gasteiger charge is -2.31. The molecule has 0 radical (unpaired) electrons. The summed E-state index contributed by atoms with van der Waals surface area (Å²) in [6.07, 6.45) is 5.48. The van der Waals surface area contributed by atoms with Crippen LogP contribution in [0.1, 0.15) is 69.1 Å². The number of fused-ring (bicyclic) bond motifs is 2. The van der Waals surface area contributed by atoms with Crippen LogP contribution >= 0.6 is 0 Å². The summed E-state index contributed by atoms with van der Waals surface area (Å²) in [6, 6.07) is 8.19. The number of carbonyl (C=O) groups excluding carboxylic acids is 1. The Morgan fingerprint density at radius 1 is 1.17 bits per heavy atom. The van der Waals surface area contributed by atoms with Crippen molar-refractivity contribution in [3.05, 3.63) is 41.5 Å². The van der Waals surface area contributed by atoms with Crippen LogP contribution in [-0.2, 0) is 10.2 Å². The quantitative estimate of drug-likeness (QED) is 0.687. The molecule has 6 nitrogen and oxygen atoms in total. The van der Waals surface area contributed by atoms with Gasteiger partial charge in [-0.2, -0.15) is 4.98 Å². The third kappa shape index (κ3) is 2.95. The van der Waals surface area contributed by atoms with Crippen LogP contribution in [0.15, 0.2) is 28.8 Å². The highest BCUT2D eigenvalue weighted by Crippen LogP contribution is 2.58. The van der Waals surface area contributed by atoms with Crippen molar-refractivity contribution in [2.24, 2.45) is 17.8 Å². The van der Waals surface area contributed by atoms with E-state index >= 15 is 0 Å². The molecule has 3 saturated carbocycles. The SMILES string of the molecule is CCN(CC)C(=O)[C@H]1[C@H]2CC[C@H](C2)[C@@H]1c1nc(C2(c3ccc(OC)cc3)CC2)no1. The molecule has 3 fully saturated rings. The molecule has 0 unspecified atom stereocenters. The molecule has 1 aromatic heterocycles. The fraction of sp³-hybridized carbons (Fsp3) is 0.625. The standard InChI is InChI=1S/C24H31N3O3/c1-4-27(5-2)22(28)20-16-7-6-15(14-16)19(20)21-25-23(26-30-21)24(12-13-24)17-8-10-18(29-3)11-9-17/h8-11,15-16,19-20H,4-7,12-14H2,1-3H3/t15-,16+,19+,20+/m1/s1. The van der Waals surface area contributed by atoms with Gasteiger partial charge in [-0.1, -0.05) is 17.3 Å². The minimum atomic E-state index is -0.149. The van der Waals surface area contributed by atoms with Gasteiger partial charge in [-0.25, -0.2) is 0 Å². The van der Waals surface area contributed by atoms with Crippen molar-refractivity contribution in [2.45, 2.75) is 57.3 Å². The van der Waals surface area contributed by atoms with Gasteiger partial charge in [0.05, 0.1) is 24.4 Å². The third-order valence-corrected chi connectivity index (χ3v) is 7.82. The average Bonchev–Trinajstić information content (AvgIpc) is 3.12. The Balaban J connectivity index is 1.43. The number of carbonyl (C=O) groups is 1. The van der Waals surface area contributed by atoms with E-state index in [1.54, 1.807) is 7.11 Å². The monoisotopic (exact) mass is 409 g/mol.